The highest BCUT2D eigenvalue weighted by Gasteiger charge is 2.41. The number of carbonyl (C=O) groups is 3. The van der Waals surface area contributed by atoms with Crippen molar-refractivity contribution in [2.24, 2.45) is 0 Å². The molecule has 3 aliphatic heterocycles. The molecule has 0 bridgehead atoms. The molecule has 1 saturated carbocycles. The molecule has 8 nitrogen and oxygen atoms in total. The van der Waals surface area contributed by atoms with Crippen molar-refractivity contribution in [2.75, 3.05) is 19.7 Å². The molecule has 1 aromatic rings. The first-order valence-electron chi connectivity index (χ1n) is 12.0. The lowest BCUT2D eigenvalue weighted by molar-refractivity contribution is -0.136. The minimum absolute atomic E-state index is 0.0220. The van der Waals surface area contributed by atoms with Crippen LogP contribution >= 0.6 is 0 Å². The average molecular weight is 478 g/mol. The summed E-state index contributed by atoms with van der Waals surface area (Å²) in [5, 5.41) is 2.31. The summed E-state index contributed by atoms with van der Waals surface area (Å²) in [7, 11) is 0. The summed E-state index contributed by atoms with van der Waals surface area (Å²) in [6.45, 7) is 1.06. The van der Waals surface area contributed by atoms with Crippen molar-refractivity contribution in [3.05, 3.63) is 29.3 Å². The van der Waals surface area contributed by atoms with E-state index in [0.717, 1.165) is 31.2 Å². The molecule has 0 spiro atoms. The molecule has 1 N–H and O–H groups in total. The van der Waals surface area contributed by atoms with Crippen molar-refractivity contribution in [3.8, 4) is 5.75 Å². The number of halogens is 2. The second-order valence-electron chi connectivity index (χ2n) is 9.53. The van der Waals surface area contributed by atoms with Gasteiger partial charge < -0.3 is 14.4 Å². The number of nitrogens with one attached hydrogen (secondary N) is 1. The van der Waals surface area contributed by atoms with Crippen LogP contribution in [0.25, 0.3) is 0 Å². The maximum absolute atomic E-state index is 12.9. The number of rotatable bonds is 7. The summed E-state index contributed by atoms with van der Waals surface area (Å²) in [6.07, 6.45) is 1.98. The molecule has 0 aromatic heterocycles. The Morgan fingerprint density at radius 2 is 1.88 bits per heavy atom. The fourth-order valence-corrected chi connectivity index (χ4v) is 5.49. The maximum atomic E-state index is 12.9. The normalized spacial score (nSPS) is 28.1. The van der Waals surface area contributed by atoms with E-state index >= 15 is 0 Å². The summed E-state index contributed by atoms with van der Waals surface area (Å²) in [5.41, 5.74) is 1.36. The highest BCUT2D eigenvalue weighted by atomic mass is 19.3. The number of carbonyl (C=O) groups excluding carboxylic acids is 3. The molecular formula is C24H29F2N3O5. The zero-order chi connectivity index (χ0) is 23.8. The van der Waals surface area contributed by atoms with Crippen LogP contribution in [0.4, 0.5) is 8.78 Å². The van der Waals surface area contributed by atoms with Gasteiger partial charge in [0.05, 0.1) is 6.10 Å². The molecule has 5 rings (SSSR count). The van der Waals surface area contributed by atoms with Crippen LogP contribution in [0.2, 0.25) is 0 Å². The Bertz CT molecular complexity index is 968. The number of ether oxygens (including phenoxy) is 2. The Morgan fingerprint density at radius 1 is 1.09 bits per heavy atom. The zero-order valence-corrected chi connectivity index (χ0v) is 18.9. The number of hydrogen-bond donors (Lipinski definition) is 1. The van der Waals surface area contributed by atoms with Gasteiger partial charge in [0.15, 0.2) is 0 Å². The van der Waals surface area contributed by atoms with Gasteiger partial charge in [0.1, 0.15) is 24.5 Å². The van der Waals surface area contributed by atoms with Gasteiger partial charge in [-0.2, -0.15) is 0 Å². The van der Waals surface area contributed by atoms with E-state index in [4.69, 9.17) is 9.47 Å². The minimum atomic E-state index is -2.45. The largest absolute Gasteiger partial charge is 0.489 e. The summed E-state index contributed by atoms with van der Waals surface area (Å²) in [6, 6.07) is 4.97. The predicted molar refractivity (Wildman–Crippen MR) is 116 cm³/mol. The van der Waals surface area contributed by atoms with Crippen LogP contribution in [0.1, 0.15) is 54.4 Å². The SMILES string of the molecule is O=C1CCC(N2Cc3cc(O[C@@H]4CCCC[C@H]4N4CC(OCC(F)F)C4)ccc3C2=O)C(=O)N1. The molecule has 3 atom stereocenters. The average Bonchev–Trinajstić information content (AvgIpc) is 3.09. The third kappa shape index (κ3) is 4.65. The van der Waals surface area contributed by atoms with E-state index in [9.17, 15) is 23.2 Å². The molecule has 184 valence electrons. The number of imide groups is 1. The van der Waals surface area contributed by atoms with Crippen molar-refractivity contribution in [3.63, 3.8) is 0 Å². The van der Waals surface area contributed by atoms with E-state index in [1.54, 1.807) is 12.1 Å². The fourth-order valence-electron chi connectivity index (χ4n) is 5.49. The van der Waals surface area contributed by atoms with Gasteiger partial charge in [-0.25, -0.2) is 8.78 Å². The van der Waals surface area contributed by atoms with Gasteiger partial charge in [-0.3, -0.25) is 24.6 Å². The molecule has 0 radical (unpaired) electrons. The van der Waals surface area contributed by atoms with Gasteiger partial charge in [0, 0.05) is 37.7 Å². The summed E-state index contributed by atoms with van der Waals surface area (Å²) in [5.74, 6) is -0.261. The molecule has 3 heterocycles. The first-order valence-corrected chi connectivity index (χ1v) is 12.0. The number of benzene rings is 1. The number of piperidine rings is 1. The Morgan fingerprint density at radius 3 is 2.65 bits per heavy atom. The molecule has 1 aliphatic carbocycles. The van der Waals surface area contributed by atoms with Crippen LogP contribution < -0.4 is 10.1 Å². The van der Waals surface area contributed by atoms with Crippen LogP contribution in [0.15, 0.2) is 18.2 Å². The number of amides is 3. The first-order chi connectivity index (χ1) is 16.4. The molecule has 4 aliphatic rings. The van der Waals surface area contributed by atoms with E-state index in [2.05, 4.69) is 10.2 Å². The number of likely N-dealkylation sites (tertiary alicyclic amines) is 1. The smallest absolute Gasteiger partial charge is 0.261 e. The van der Waals surface area contributed by atoms with E-state index in [1.165, 1.54) is 4.90 Å². The van der Waals surface area contributed by atoms with Gasteiger partial charge in [0.2, 0.25) is 11.8 Å². The molecule has 1 aromatic carbocycles. The molecule has 1 unspecified atom stereocenters. The molecule has 10 heteroatoms. The zero-order valence-electron chi connectivity index (χ0n) is 18.9. The van der Waals surface area contributed by atoms with Gasteiger partial charge in [-0.05, 0) is 49.4 Å². The fraction of sp³-hybridized carbons (Fsp3) is 0.625. The van der Waals surface area contributed by atoms with Crippen molar-refractivity contribution in [1.82, 2.24) is 15.1 Å². The molecule has 3 amide bonds. The highest BCUT2D eigenvalue weighted by Crippen LogP contribution is 2.34. The number of alkyl halides is 2. The summed E-state index contributed by atoms with van der Waals surface area (Å²) >= 11 is 0. The minimum Gasteiger partial charge on any atom is -0.489 e. The van der Waals surface area contributed by atoms with Crippen LogP contribution in [-0.2, 0) is 20.9 Å². The number of fused-ring (bicyclic) bond motifs is 1. The van der Waals surface area contributed by atoms with Crippen molar-refractivity contribution in [2.45, 2.75) is 75.8 Å². The van der Waals surface area contributed by atoms with Crippen LogP contribution in [0.5, 0.6) is 5.75 Å². The Hall–Kier alpha value is -2.59. The Kier molecular flexibility index (Phi) is 6.52. The first kappa shape index (κ1) is 23.2. The van der Waals surface area contributed by atoms with Crippen LogP contribution in [0, 0.1) is 0 Å². The van der Waals surface area contributed by atoms with Crippen molar-refractivity contribution in [1.29, 1.82) is 0 Å². The van der Waals surface area contributed by atoms with E-state index in [-0.39, 0.29) is 36.5 Å². The van der Waals surface area contributed by atoms with E-state index < -0.39 is 25.0 Å². The molecule has 34 heavy (non-hydrogen) atoms. The highest BCUT2D eigenvalue weighted by molar-refractivity contribution is 6.05. The van der Waals surface area contributed by atoms with Gasteiger partial charge in [0.25, 0.3) is 12.3 Å². The second kappa shape index (κ2) is 9.58. The molecule has 2 saturated heterocycles. The van der Waals surface area contributed by atoms with Gasteiger partial charge >= 0.3 is 0 Å². The van der Waals surface area contributed by atoms with Crippen molar-refractivity contribution >= 4 is 17.7 Å². The maximum Gasteiger partial charge on any atom is 0.261 e. The van der Waals surface area contributed by atoms with Gasteiger partial charge in [-0.15, -0.1) is 0 Å². The molecule has 3 fully saturated rings. The predicted octanol–water partition coefficient (Wildman–Crippen LogP) is 2.10. The summed E-state index contributed by atoms with van der Waals surface area (Å²) < 4.78 is 36.4. The quantitative estimate of drug-likeness (QED) is 0.606. The van der Waals surface area contributed by atoms with E-state index in [1.807, 2.05) is 6.07 Å². The number of hydrogen-bond acceptors (Lipinski definition) is 6. The lowest BCUT2D eigenvalue weighted by atomic mass is 9.89. The Balaban J connectivity index is 1.22. The number of nitrogens with zero attached hydrogens (tertiary/aromatic N) is 2. The summed E-state index contributed by atoms with van der Waals surface area (Å²) in [4.78, 5) is 40.4. The topological polar surface area (TPSA) is 88.2 Å². The second-order valence-corrected chi connectivity index (χ2v) is 9.53. The molecular weight excluding hydrogens is 448 g/mol. The monoisotopic (exact) mass is 477 g/mol. The van der Waals surface area contributed by atoms with Crippen LogP contribution in [0.3, 0.4) is 0 Å². The lowest BCUT2D eigenvalue weighted by Gasteiger charge is -2.48. The standard InChI is InChI=1S/C24H29F2N3O5/c25-21(26)13-33-16-11-28(12-16)18-3-1-2-4-20(18)34-15-5-6-17-14(9-15)10-29(24(17)32)19-7-8-22(30)27-23(19)31/h5-6,9,16,18-21H,1-4,7-8,10-13H2,(H,27,30,31)/t18-,19?,20-/m1/s1. The Labute approximate surface area is 196 Å². The van der Waals surface area contributed by atoms with Gasteiger partial charge in [-0.1, -0.05) is 6.42 Å². The lowest BCUT2D eigenvalue weighted by Crippen LogP contribution is -2.61. The van der Waals surface area contributed by atoms with Crippen molar-refractivity contribution < 1.29 is 32.6 Å². The van der Waals surface area contributed by atoms with Crippen LogP contribution in [-0.4, -0.2) is 77.9 Å². The third-order valence-electron chi connectivity index (χ3n) is 7.25. The van der Waals surface area contributed by atoms with E-state index in [0.29, 0.717) is 37.4 Å². The third-order valence-corrected chi connectivity index (χ3v) is 7.25.